The van der Waals surface area contributed by atoms with Gasteiger partial charge in [0.05, 0.1) is 35.7 Å². The molecule has 0 spiro atoms. The van der Waals surface area contributed by atoms with E-state index in [2.05, 4.69) is 15.8 Å². The van der Waals surface area contributed by atoms with Crippen LogP contribution in [0.5, 0.6) is 11.5 Å². The summed E-state index contributed by atoms with van der Waals surface area (Å²) in [5.74, 6) is 1.29. The number of alkyl halides is 3. The Kier molecular flexibility index (Phi) is 9.39. The molecule has 0 aliphatic heterocycles. The smallest absolute Gasteiger partial charge is 0.416 e. The normalized spacial score (nSPS) is 11.4. The van der Waals surface area contributed by atoms with Crippen molar-refractivity contribution in [2.45, 2.75) is 32.9 Å². The Balaban J connectivity index is 2.07. The molecule has 31 heavy (non-hydrogen) atoms. The number of ether oxygens (including phenoxy) is 2. The van der Waals surface area contributed by atoms with Crippen molar-refractivity contribution in [2.24, 2.45) is 5.10 Å². The van der Waals surface area contributed by atoms with Crippen LogP contribution < -0.4 is 20.2 Å². The molecule has 2 aromatic rings. The van der Waals surface area contributed by atoms with Gasteiger partial charge in [0.15, 0.2) is 5.11 Å². The minimum Gasteiger partial charge on any atom is -0.493 e. The van der Waals surface area contributed by atoms with Crippen LogP contribution in [0.2, 0.25) is 5.02 Å². The fourth-order valence-corrected chi connectivity index (χ4v) is 2.70. The zero-order valence-corrected chi connectivity index (χ0v) is 18.6. The van der Waals surface area contributed by atoms with Crippen molar-refractivity contribution in [3.05, 3.63) is 52.5 Å². The van der Waals surface area contributed by atoms with Crippen molar-refractivity contribution in [3.8, 4) is 11.5 Å². The molecule has 5 nitrogen and oxygen atoms in total. The Hall–Kier alpha value is -2.52. The van der Waals surface area contributed by atoms with Gasteiger partial charge in [0.25, 0.3) is 0 Å². The van der Waals surface area contributed by atoms with Gasteiger partial charge in [-0.2, -0.15) is 18.3 Å². The highest BCUT2D eigenvalue weighted by Gasteiger charge is 2.31. The fourth-order valence-electron chi connectivity index (χ4n) is 2.38. The van der Waals surface area contributed by atoms with Gasteiger partial charge in [0.1, 0.15) is 11.5 Å². The van der Waals surface area contributed by atoms with Crippen molar-refractivity contribution in [3.63, 3.8) is 0 Å². The van der Waals surface area contributed by atoms with E-state index >= 15 is 0 Å². The molecule has 168 valence electrons. The van der Waals surface area contributed by atoms with E-state index in [0.717, 1.165) is 31.0 Å². The molecule has 0 aromatic heterocycles. The summed E-state index contributed by atoms with van der Waals surface area (Å²) in [5, 5.41) is 6.73. The molecule has 2 aromatic carbocycles. The number of thiocarbonyl (C=S) groups is 1. The molecule has 0 amide bonds. The van der Waals surface area contributed by atoms with Crippen LogP contribution in [-0.2, 0) is 6.18 Å². The Morgan fingerprint density at radius 3 is 2.48 bits per heavy atom. The second-order valence-electron chi connectivity index (χ2n) is 6.41. The Labute approximate surface area is 189 Å². The van der Waals surface area contributed by atoms with Gasteiger partial charge in [-0.25, -0.2) is 0 Å². The lowest BCUT2D eigenvalue weighted by Gasteiger charge is -2.13. The van der Waals surface area contributed by atoms with Gasteiger partial charge >= 0.3 is 6.18 Å². The van der Waals surface area contributed by atoms with Crippen LogP contribution in [0.15, 0.2) is 41.5 Å². The van der Waals surface area contributed by atoms with Gasteiger partial charge in [-0.1, -0.05) is 25.4 Å². The maximum absolute atomic E-state index is 12.9. The van der Waals surface area contributed by atoms with E-state index < -0.39 is 11.7 Å². The molecule has 0 atom stereocenters. The summed E-state index contributed by atoms with van der Waals surface area (Å²) in [5.41, 5.74) is 2.43. The summed E-state index contributed by atoms with van der Waals surface area (Å²) < 4.78 is 50.0. The Bertz CT molecular complexity index is 923. The number of hydrogen-bond donors (Lipinski definition) is 2. The lowest BCUT2D eigenvalue weighted by Crippen LogP contribution is -2.24. The average molecular weight is 474 g/mol. The first kappa shape index (κ1) is 24.7. The van der Waals surface area contributed by atoms with Crippen LogP contribution >= 0.6 is 23.8 Å². The number of halogens is 4. The van der Waals surface area contributed by atoms with E-state index in [-0.39, 0.29) is 15.8 Å². The number of anilines is 1. The molecule has 2 rings (SSSR count). The number of hydrogen-bond acceptors (Lipinski definition) is 4. The number of nitrogens with one attached hydrogen (secondary N) is 2. The van der Waals surface area contributed by atoms with Crippen LogP contribution in [0.1, 0.15) is 37.8 Å². The summed E-state index contributed by atoms with van der Waals surface area (Å²) in [6, 6.07) is 8.31. The third kappa shape index (κ3) is 7.91. The number of hydrazone groups is 1. The molecule has 0 aliphatic carbocycles. The van der Waals surface area contributed by atoms with Crippen LogP contribution in [0.25, 0.3) is 0 Å². The van der Waals surface area contributed by atoms with Gasteiger partial charge in [0.2, 0.25) is 0 Å². The maximum atomic E-state index is 12.9. The molecule has 0 bridgehead atoms. The van der Waals surface area contributed by atoms with Crippen molar-refractivity contribution < 1.29 is 22.6 Å². The molecule has 0 aliphatic rings. The maximum Gasteiger partial charge on any atom is 0.416 e. The van der Waals surface area contributed by atoms with Gasteiger partial charge < -0.3 is 14.8 Å². The third-order valence-corrected chi connectivity index (χ3v) is 4.35. The standard InChI is InChI=1S/C21H23ClF3N3O2S/c1-3-9-29-16-7-5-14(19(12-16)30-10-4-2)13-26-28-20(31)27-18-11-15(21(23,24)25)6-8-17(18)22/h5-8,11-13H,3-4,9-10H2,1-2H3,(H2,27,28,31). The van der Waals surface area contributed by atoms with E-state index in [9.17, 15) is 13.2 Å². The second kappa shape index (κ2) is 11.8. The molecule has 2 N–H and O–H groups in total. The quantitative estimate of drug-likeness (QED) is 0.256. The second-order valence-corrected chi connectivity index (χ2v) is 7.23. The topological polar surface area (TPSA) is 54.9 Å². The van der Waals surface area contributed by atoms with Crippen LogP contribution in [0.4, 0.5) is 18.9 Å². The summed E-state index contributed by atoms with van der Waals surface area (Å²) in [6.07, 6.45) is -1.27. The van der Waals surface area contributed by atoms with Crippen molar-refractivity contribution in [1.82, 2.24) is 5.43 Å². The third-order valence-electron chi connectivity index (χ3n) is 3.83. The van der Waals surface area contributed by atoms with E-state index in [1.54, 1.807) is 18.2 Å². The van der Waals surface area contributed by atoms with Crippen molar-refractivity contribution >= 4 is 40.8 Å². The molecule has 0 radical (unpaired) electrons. The summed E-state index contributed by atoms with van der Waals surface area (Å²) in [4.78, 5) is 0. The first-order chi connectivity index (χ1) is 14.7. The van der Waals surface area contributed by atoms with Gasteiger partial charge in [-0.05, 0) is 55.4 Å². The molecule has 0 saturated heterocycles. The van der Waals surface area contributed by atoms with Crippen LogP contribution in [-0.4, -0.2) is 24.5 Å². The largest absolute Gasteiger partial charge is 0.493 e. The lowest BCUT2D eigenvalue weighted by atomic mass is 10.2. The first-order valence-corrected chi connectivity index (χ1v) is 10.4. The predicted octanol–water partition coefficient (Wildman–Crippen LogP) is 6.26. The number of nitrogens with zero attached hydrogens (tertiary/aromatic N) is 1. The summed E-state index contributed by atoms with van der Waals surface area (Å²) in [7, 11) is 0. The summed E-state index contributed by atoms with van der Waals surface area (Å²) in [6.45, 7) is 5.14. The average Bonchev–Trinajstić information content (AvgIpc) is 2.72. The molecular formula is C21H23ClF3N3O2S. The monoisotopic (exact) mass is 473 g/mol. The predicted molar refractivity (Wildman–Crippen MR) is 121 cm³/mol. The van der Waals surface area contributed by atoms with Gasteiger partial charge in [-0.3, -0.25) is 5.43 Å². The number of benzene rings is 2. The van der Waals surface area contributed by atoms with Gasteiger partial charge in [-0.15, -0.1) is 0 Å². The fraction of sp³-hybridized carbons (Fsp3) is 0.333. The minimum absolute atomic E-state index is 0.0172. The van der Waals surface area contributed by atoms with Crippen molar-refractivity contribution in [2.75, 3.05) is 18.5 Å². The van der Waals surface area contributed by atoms with E-state index in [1.165, 1.54) is 6.21 Å². The first-order valence-electron chi connectivity index (χ1n) is 9.61. The zero-order chi connectivity index (χ0) is 22.9. The highest BCUT2D eigenvalue weighted by atomic mass is 35.5. The molecular weight excluding hydrogens is 451 g/mol. The Morgan fingerprint density at radius 2 is 1.81 bits per heavy atom. The number of rotatable bonds is 9. The highest BCUT2D eigenvalue weighted by molar-refractivity contribution is 7.80. The minimum atomic E-state index is -4.49. The summed E-state index contributed by atoms with van der Waals surface area (Å²) >= 11 is 11.0. The zero-order valence-electron chi connectivity index (χ0n) is 17.1. The van der Waals surface area contributed by atoms with Crippen LogP contribution in [0.3, 0.4) is 0 Å². The molecule has 0 saturated carbocycles. The van der Waals surface area contributed by atoms with E-state index in [1.807, 2.05) is 13.8 Å². The van der Waals surface area contributed by atoms with Crippen LogP contribution in [0, 0.1) is 0 Å². The lowest BCUT2D eigenvalue weighted by molar-refractivity contribution is -0.137. The Morgan fingerprint density at radius 1 is 1.10 bits per heavy atom. The molecule has 0 heterocycles. The van der Waals surface area contributed by atoms with Gasteiger partial charge in [0, 0.05) is 11.6 Å². The highest BCUT2D eigenvalue weighted by Crippen LogP contribution is 2.33. The van der Waals surface area contributed by atoms with E-state index in [0.29, 0.717) is 30.3 Å². The molecule has 0 fully saturated rings. The SMILES string of the molecule is CCCOc1ccc(C=NNC(=S)Nc2cc(C(F)(F)F)ccc2Cl)c(OCCC)c1. The molecule has 10 heteroatoms. The van der Waals surface area contributed by atoms with E-state index in [4.69, 9.17) is 33.3 Å². The molecule has 0 unspecified atom stereocenters. The van der Waals surface area contributed by atoms with Crippen molar-refractivity contribution in [1.29, 1.82) is 0 Å².